The predicted molar refractivity (Wildman–Crippen MR) is 115 cm³/mol. The van der Waals surface area contributed by atoms with E-state index in [-0.39, 0.29) is 5.56 Å². The standard InChI is InChI=1S/C23H20F2N4O2S/c1-12-21-28-27-13(2)29(21)22-18(20(26-12)19-15(24)6-3-7-16(19)25)14-5-4-8-23(11-17(14)32-22)30-9-10-31-23/h3,6-7,9-10,12H,4-5,8,11H2,1-2H3/t12-/m0/s1. The normalized spacial score (nSPS) is 20.5. The van der Waals surface area contributed by atoms with Gasteiger partial charge in [-0.3, -0.25) is 9.56 Å². The van der Waals surface area contributed by atoms with Gasteiger partial charge in [0.15, 0.2) is 5.82 Å². The van der Waals surface area contributed by atoms with Crippen LogP contribution in [0.4, 0.5) is 8.78 Å². The zero-order valence-electron chi connectivity index (χ0n) is 17.6. The van der Waals surface area contributed by atoms with E-state index < -0.39 is 23.5 Å². The number of ether oxygens (including phenoxy) is 2. The van der Waals surface area contributed by atoms with Crippen molar-refractivity contribution >= 4 is 17.0 Å². The van der Waals surface area contributed by atoms with Crippen LogP contribution in [-0.2, 0) is 22.3 Å². The monoisotopic (exact) mass is 454 g/mol. The molecule has 0 amide bonds. The lowest BCUT2D eigenvalue weighted by Gasteiger charge is -2.25. The number of halogens is 2. The largest absolute Gasteiger partial charge is 0.456 e. The van der Waals surface area contributed by atoms with Crippen molar-refractivity contribution in [3.05, 3.63) is 75.6 Å². The predicted octanol–water partition coefficient (Wildman–Crippen LogP) is 4.92. The molecule has 0 bridgehead atoms. The Kier molecular flexibility index (Phi) is 4.27. The van der Waals surface area contributed by atoms with Gasteiger partial charge < -0.3 is 9.47 Å². The SMILES string of the molecule is Cc1nnc2n1-c1sc3c(c1C(c1c(F)cccc1F)=N[C@H]2C)CCCC1(C3)OC=CO1. The number of hydrogen-bond donors (Lipinski definition) is 0. The molecule has 2 aliphatic heterocycles. The highest BCUT2D eigenvalue weighted by Crippen LogP contribution is 2.45. The first kappa shape index (κ1) is 19.6. The molecule has 1 aliphatic carbocycles. The van der Waals surface area contributed by atoms with Crippen LogP contribution in [0.2, 0.25) is 0 Å². The molecule has 9 heteroatoms. The number of aromatic nitrogens is 3. The Balaban J connectivity index is 1.64. The molecule has 0 saturated carbocycles. The minimum Gasteiger partial charge on any atom is -0.456 e. The summed E-state index contributed by atoms with van der Waals surface area (Å²) in [5.41, 5.74) is 2.01. The van der Waals surface area contributed by atoms with Gasteiger partial charge in [-0.15, -0.1) is 21.5 Å². The smallest absolute Gasteiger partial charge is 0.254 e. The fourth-order valence-corrected chi connectivity index (χ4v) is 6.33. The van der Waals surface area contributed by atoms with Crippen molar-refractivity contribution in [2.75, 3.05) is 0 Å². The maximum absolute atomic E-state index is 15.0. The van der Waals surface area contributed by atoms with E-state index in [2.05, 4.69) is 10.2 Å². The average molecular weight is 455 g/mol. The van der Waals surface area contributed by atoms with E-state index in [0.29, 0.717) is 23.8 Å². The van der Waals surface area contributed by atoms with Crippen molar-refractivity contribution in [2.45, 2.75) is 51.4 Å². The van der Waals surface area contributed by atoms with Crippen LogP contribution < -0.4 is 0 Å². The van der Waals surface area contributed by atoms with Crippen molar-refractivity contribution in [2.24, 2.45) is 4.99 Å². The molecule has 0 saturated heterocycles. The lowest BCUT2D eigenvalue weighted by molar-refractivity contribution is -0.144. The summed E-state index contributed by atoms with van der Waals surface area (Å²) in [5.74, 6) is -0.634. The molecule has 0 unspecified atom stereocenters. The van der Waals surface area contributed by atoms with Gasteiger partial charge in [-0.1, -0.05) is 6.07 Å². The molecule has 6 rings (SSSR count). The molecule has 0 N–H and O–H groups in total. The molecule has 0 radical (unpaired) electrons. The molecule has 1 spiro atoms. The molecule has 164 valence electrons. The average Bonchev–Trinajstić information content (AvgIpc) is 3.40. The van der Waals surface area contributed by atoms with E-state index in [1.54, 1.807) is 23.9 Å². The minimum absolute atomic E-state index is 0.105. The lowest BCUT2D eigenvalue weighted by Crippen LogP contribution is -2.31. The first-order valence-electron chi connectivity index (χ1n) is 10.6. The summed E-state index contributed by atoms with van der Waals surface area (Å²) >= 11 is 1.57. The molecule has 1 atom stereocenters. The van der Waals surface area contributed by atoms with Crippen LogP contribution in [0.5, 0.6) is 0 Å². The highest BCUT2D eigenvalue weighted by molar-refractivity contribution is 7.15. The summed E-state index contributed by atoms with van der Waals surface area (Å²) in [6.45, 7) is 3.75. The molecule has 2 aromatic heterocycles. The van der Waals surface area contributed by atoms with Crippen LogP contribution in [0, 0.1) is 18.6 Å². The van der Waals surface area contributed by atoms with Gasteiger partial charge in [0.05, 0.1) is 17.7 Å². The van der Waals surface area contributed by atoms with Crippen LogP contribution in [-0.4, -0.2) is 26.3 Å². The fraction of sp³-hybridized carbons (Fsp3) is 0.348. The summed E-state index contributed by atoms with van der Waals surface area (Å²) in [4.78, 5) is 5.87. The third-order valence-corrected chi connectivity index (χ3v) is 7.51. The van der Waals surface area contributed by atoms with Gasteiger partial charge in [-0.2, -0.15) is 0 Å². The van der Waals surface area contributed by atoms with Gasteiger partial charge in [-0.25, -0.2) is 8.78 Å². The summed E-state index contributed by atoms with van der Waals surface area (Å²) in [6, 6.07) is 3.50. The number of aliphatic imine (C=N–C) groups is 1. The number of nitrogens with zero attached hydrogens (tertiary/aromatic N) is 4. The number of benzene rings is 1. The van der Waals surface area contributed by atoms with Crippen molar-refractivity contribution < 1.29 is 18.3 Å². The third kappa shape index (κ3) is 2.76. The Morgan fingerprint density at radius 2 is 1.88 bits per heavy atom. The maximum atomic E-state index is 15.0. The number of fused-ring (bicyclic) bond motifs is 5. The van der Waals surface area contributed by atoms with Gasteiger partial charge >= 0.3 is 0 Å². The van der Waals surface area contributed by atoms with E-state index in [1.165, 1.54) is 18.2 Å². The Bertz CT molecular complexity index is 1280. The van der Waals surface area contributed by atoms with Crippen molar-refractivity contribution in [3.8, 4) is 5.00 Å². The summed E-state index contributed by atoms with van der Waals surface area (Å²) in [5, 5.41) is 9.43. The zero-order valence-corrected chi connectivity index (χ0v) is 18.4. The van der Waals surface area contributed by atoms with E-state index in [1.807, 2.05) is 18.4 Å². The number of rotatable bonds is 1. The fourth-order valence-electron chi connectivity index (χ4n) is 4.84. The van der Waals surface area contributed by atoms with Crippen LogP contribution >= 0.6 is 11.3 Å². The first-order valence-corrected chi connectivity index (χ1v) is 11.4. The molecule has 3 aromatic rings. The molecule has 1 aromatic carbocycles. The van der Waals surface area contributed by atoms with E-state index >= 15 is 0 Å². The quantitative estimate of drug-likeness (QED) is 0.524. The molecular formula is C23H20F2N4O2S. The molecule has 32 heavy (non-hydrogen) atoms. The Morgan fingerprint density at radius 1 is 1.12 bits per heavy atom. The van der Waals surface area contributed by atoms with Crippen LogP contribution in [0.25, 0.3) is 5.00 Å². The highest BCUT2D eigenvalue weighted by atomic mass is 32.1. The second-order valence-corrected chi connectivity index (χ2v) is 9.41. The van der Waals surface area contributed by atoms with Crippen LogP contribution in [0.3, 0.4) is 0 Å². The van der Waals surface area contributed by atoms with Gasteiger partial charge in [0.25, 0.3) is 5.79 Å². The Morgan fingerprint density at radius 3 is 2.62 bits per heavy atom. The van der Waals surface area contributed by atoms with Gasteiger partial charge in [0.2, 0.25) is 0 Å². The summed E-state index contributed by atoms with van der Waals surface area (Å²) in [6.07, 6.45) is 5.98. The molecular weight excluding hydrogens is 434 g/mol. The molecule has 3 aliphatic rings. The summed E-state index contributed by atoms with van der Waals surface area (Å²) in [7, 11) is 0. The molecule has 0 fully saturated rings. The number of hydrogen-bond acceptors (Lipinski definition) is 6. The number of thiophene rings is 1. The van der Waals surface area contributed by atoms with E-state index in [4.69, 9.17) is 14.5 Å². The van der Waals surface area contributed by atoms with Gasteiger partial charge in [-0.05, 0) is 44.4 Å². The second-order valence-electron chi connectivity index (χ2n) is 8.32. The minimum atomic E-state index is -0.729. The zero-order chi connectivity index (χ0) is 22.0. The molecule has 6 nitrogen and oxygen atoms in total. The first-order chi connectivity index (χ1) is 15.5. The van der Waals surface area contributed by atoms with E-state index in [0.717, 1.165) is 40.3 Å². The molecule has 4 heterocycles. The van der Waals surface area contributed by atoms with Crippen molar-refractivity contribution in [1.29, 1.82) is 0 Å². The topological polar surface area (TPSA) is 61.5 Å². The van der Waals surface area contributed by atoms with Crippen LogP contribution in [0.15, 0.2) is 35.7 Å². The second kappa shape index (κ2) is 6.96. The van der Waals surface area contributed by atoms with Gasteiger partial charge in [0.1, 0.15) is 41.0 Å². The van der Waals surface area contributed by atoms with Gasteiger partial charge in [0, 0.05) is 16.9 Å². The third-order valence-electron chi connectivity index (χ3n) is 6.29. The maximum Gasteiger partial charge on any atom is 0.254 e. The van der Waals surface area contributed by atoms with Crippen molar-refractivity contribution in [1.82, 2.24) is 14.8 Å². The lowest BCUT2D eigenvalue weighted by atomic mass is 9.96. The van der Waals surface area contributed by atoms with Crippen LogP contribution in [0.1, 0.15) is 59.0 Å². The highest BCUT2D eigenvalue weighted by Gasteiger charge is 2.42. The number of aryl methyl sites for hydroxylation is 1. The van der Waals surface area contributed by atoms with Crippen molar-refractivity contribution in [3.63, 3.8) is 0 Å². The summed E-state index contributed by atoms with van der Waals surface area (Å²) < 4.78 is 43.6. The Labute approximate surface area is 187 Å². The van der Waals surface area contributed by atoms with E-state index in [9.17, 15) is 8.78 Å². The Hall–Kier alpha value is -3.07.